The number of pyridine rings is 1. The molecule has 2 aromatic carbocycles. The Labute approximate surface area is 253 Å². The predicted molar refractivity (Wildman–Crippen MR) is 174 cm³/mol. The highest BCUT2D eigenvalue weighted by Gasteiger charge is 2.42. The van der Waals surface area contributed by atoms with E-state index in [2.05, 4.69) is 72.1 Å². The Balaban J connectivity index is 1.64. The number of amides is 1. The average Bonchev–Trinajstić information content (AvgIpc) is 3.45. The van der Waals surface area contributed by atoms with Crippen LogP contribution < -0.4 is 20.3 Å². The van der Waals surface area contributed by atoms with Crippen LogP contribution in [0.5, 0.6) is 5.75 Å². The molecule has 4 aromatic rings. The summed E-state index contributed by atoms with van der Waals surface area (Å²) in [6.45, 7) is 14.3. The number of benzene rings is 2. The quantitative estimate of drug-likeness (QED) is 0.233. The maximum atomic E-state index is 12.7. The van der Waals surface area contributed by atoms with Gasteiger partial charge in [0.2, 0.25) is 5.91 Å². The second-order valence-electron chi connectivity index (χ2n) is 12.0. The van der Waals surface area contributed by atoms with Gasteiger partial charge in [0.1, 0.15) is 5.75 Å². The second kappa shape index (κ2) is 11.2. The summed E-state index contributed by atoms with van der Waals surface area (Å²) in [5, 5.41) is 7.17. The summed E-state index contributed by atoms with van der Waals surface area (Å²) in [5.74, 6) is 0.479. The van der Waals surface area contributed by atoms with E-state index in [0.717, 1.165) is 28.3 Å². The monoisotopic (exact) mass is 581 g/mol. The number of ether oxygens (including phenoxy) is 1. The van der Waals surface area contributed by atoms with Crippen molar-refractivity contribution in [1.82, 2.24) is 14.9 Å². The van der Waals surface area contributed by atoms with Gasteiger partial charge in [-0.1, -0.05) is 39.0 Å². The van der Waals surface area contributed by atoms with Crippen LogP contribution in [0.2, 0.25) is 0 Å². The van der Waals surface area contributed by atoms with Crippen LogP contribution in [0.1, 0.15) is 66.6 Å². The first-order valence-corrected chi connectivity index (χ1v) is 14.6. The molecule has 2 N–H and O–H groups in total. The van der Waals surface area contributed by atoms with E-state index in [-0.39, 0.29) is 18.0 Å². The van der Waals surface area contributed by atoms with Gasteiger partial charge in [0.25, 0.3) is 0 Å². The molecular weight excluding hydrogens is 542 g/mol. The first kappa shape index (κ1) is 29.3. The van der Waals surface area contributed by atoms with E-state index >= 15 is 0 Å². The number of carbonyl (C=O) groups excluding carboxylic acids is 1. The normalized spacial score (nSPS) is 16.9. The molecule has 42 heavy (non-hydrogen) atoms. The molecule has 0 unspecified atom stereocenters. The number of methoxy groups -OCH3 is 1. The van der Waals surface area contributed by atoms with Gasteiger partial charge >= 0.3 is 0 Å². The summed E-state index contributed by atoms with van der Waals surface area (Å²) in [5.41, 5.74) is 8.96. The number of rotatable bonds is 6. The van der Waals surface area contributed by atoms with E-state index in [4.69, 9.17) is 21.9 Å². The van der Waals surface area contributed by atoms with E-state index in [1.807, 2.05) is 63.4 Å². The summed E-state index contributed by atoms with van der Waals surface area (Å²) in [6, 6.07) is 20.1. The van der Waals surface area contributed by atoms with Crippen molar-refractivity contribution in [3.63, 3.8) is 0 Å². The van der Waals surface area contributed by atoms with Crippen molar-refractivity contribution in [1.29, 1.82) is 0 Å². The number of hydrogen-bond donors (Lipinski definition) is 2. The Bertz CT molecular complexity index is 1650. The molecule has 0 bridgehead atoms. The number of nitrogens with one attached hydrogen (secondary N) is 2. The highest BCUT2D eigenvalue weighted by atomic mass is 32.1. The fourth-order valence-electron chi connectivity index (χ4n) is 5.63. The lowest BCUT2D eigenvalue weighted by Crippen LogP contribution is -2.30. The second-order valence-corrected chi connectivity index (χ2v) is 12.4. The molecule has 0 radical (unpaired) electrons. The molecule has 0 spiro atoms. The Hall–Kier alpha value is -4.17. The molecule has 1 amide bonds. The van der Waals surface area contributed by atoms with Crippen LogP contribution in [-0.4, -0.2) is 27.7 Å². The summed E-state index contributed by atoms with van der Waals surface area (Å²) in [6.07, 6.45) is 1.81. The molecule has 7 nitrogen and oxygen atoms in total. The third-order valence-electron chi connectivity index (χ3n) is 8.10. The minimum Gasteiger partial charge on any atom is -0.494 e. The smallest absolute Gasteiger partial charge is 0.229 e. The summed E-state index contributed by atoms with van der Waals surface area (Å²) in [7, 11) is 1.61. The number of hydrogen-bond acceptors (Lipinski definition) is 4. The average molecular weight is 582 g/mol. The number of carbonyl (C=O) groups is 1. The molecule has 0 aliphatic carbocycles. The van der Waals surface area contributed by atoms with Gasteiger partial charge in [-0.05, 0) is 93.0 Å². The van der Waals surface area contributed by atoms with E-state index in [1.54, 1.807) is 7.11 Å². The molecule has 1 saturated heterocycles. The highest BCUT2D eigenvalue weighted by molar-refractivity contribution is 7.80. The van der Waals surface area contributed by atoms with Gasteiger partial charge in [-0.3, -0.25) is 9.78 Å². The zero-order chi connectivity index (χ0) is 30.3. The lowest BCUT2D eigenvalue weighted by molar-refractivity contribution is -0.123. The Morgan fingerprint density at radius 3 is 2.45 bits per heavy atom. The van der Waals surface area contributed by atoms with Crippen molar-refractivity contribution >= 4 is 34.6 Å². The molecule has 8 heteroatoms. The molecular formula is C34H39N5O2S. The molecule has 0 saturated carbocycles. The molecule has 3 heterocycles. The third-order valence-corrected chi connectivity index (χ3v) is 8.41. The van der Waals surface area contributed by atoms with Gasteiger partial charge < -0.3 is 24.8 Å². The van der Waals surface area contributed by atoms with Gasteiger partial charge in [0, 0.05) is 40.4 Å². The summed E-state index contributed by atoms with van der Waals surface area (Å²) < 4.78 is 8.09. The first-order chi connectivity index (χ1) is 19.9. The Kier molecular flexibility index (Phi) is 7.86. The maximum Gasteiger partial charge on any atom is 0.229 e. The minimum absolute atomic E-state index is 0.0844. The van der Waals surface area contributed by atoms with E-state index in [0.29, 0.717) is 16.5 Å². The van der Waals surface area contributed by atoms with Crippen molar-refractivity contribution in [2.45, 2.75) is 60.5 Å². The fraction of sp³-hybridized carbons (Fsp3) is 0.324. The van der Waals surface area contributed by atoms with Crippen LogP contribution in [0.15, 0.2) is 66.9 Å². The van der Waals surface area contributed by atoms with E-state index < -0.39 is 5.41 Å². The topological polar surface area (TPSA) is 71.4 Å². The van der Waals surface area contributed by atoms with Gasteiger partial charge in [0.05, 0.1) is 30.6 Å². The van der Waals surface area contributed by atoms with Gasteiger partial charge in [-0.25, -0.2) is 0 Å². The molecule has 1 aliphatic rings. The number of thiocarbonyl (C=S) groups is 1. The van der Waals surface area contributed by atoms with Crippen molar-refractivity contribution in [3.05, 3.63) is 101 Å². The van der Waals surface area contributed by atoms with Crippen molar-refractivity contribution < 1.29 is 9.53 Å². The number of aryl methyl sites for hydroxylation is 2. The predicted octanol–water partition coefficient (Wildman–Crippen LogP) is 7.28. The van der Waals surface area contributed by atoms with Crippen LogP contribution in [0.4, 0.5) is 11.4 Å². The van der Waals surface area contributed by atoms with Crippen LogP contribution in [-0.2, 0) is 4.79 Å². The third kappa shape index (κ3) is 5.27. The molecule has 2 aromatic heterocycles. The Morgan fingerprint density at radius 2 is 1.79 bits per heavy atom. The fourth-order valence-corrected chi connectivity index (χ4v) is 5.97. The maximum absolute atomic E-state index is 12.7. The lowest BCUT2D eigenvalue weighted by Gasteiger charge is -2.29. The van der Waals surface area contributed by atoms with E-state index in [1.165, 1.54) is 16.8 Å². The Morgan fingerprint density at radius 1 is 1.02 bits per heavy atom. The lowest BCUT2D eigenvalue weighted by atomic mass is 9.95. The van der Waals surface area contributed by atoms with Crippen molar-refractivity contribution in [3.8, 4) is 11.4 Å². The zero-order valence-electron chi connectivity index (χ0n) is 25.6. The zero-order valence-corrected chi connectivity index (χ0v) is 26.4. The molecule has 2 atom stereocenters. The number of nitrogens with zero attached hydrogens (tertiary/aromatic N) is 3. The van der Waals surface area contributed by atoms with E-state index in [9.17, 15) is 4.79 Å². The summed E-state index contributed by atoms with van der Waals surface area (Å²) >= 11 is 5.99. The van der Waals surface area contributed by atoms with Gasteiger partial charge in [0.15, 0.2) is 5.11 Å². The van der Waals surface area contributed by atoms with Crippen molar-refractivity contribution in [2.24, 2.45) is 5.41 Å². The molecule has 5 rings (SSSR count). The number of aromatic nitrogens is 2. The first-order valence-electron chi connectivity index (χ1n) is 14.2. The highest BCUT2D eigenvalue weighted by Crippen LogP contribution is 2.45. The molecule has 1 fully saturated rings. The summed E-state index contributed by atoms with van der Waals surface area (Å²) in [4.78, 5) is 19.6. The van der Waals surface area contributed by atoms with Crippen LogP contribution in [0, 0.1) is 33.1 Å². The largest absolute Gasteiger partial charge is 0.494 e. The van der Waals surface area contributed by atoms with Gasteiger partial charge in [-0.2, -0.15) is 0 Å². The van der Waals surface area contributed by atoms with Crippen LogP contribution in [0.25, 0.3) is 5.69 Å². The molecule has 1 aliphatic heterocycles. The van der Waals surface area contributed by atoms with Crippen molar-refractivity contribution in [2.75, 3.05) is 17.3 Å². The number of anilines is 2. The van der Waals surface area contributed by atoms with Gasteiger partial charge in [-0.15, -0.1) is 0 Å². The van der Waals surface area contributed by atoms with Crippen LogP contribution in [0.3, 0.4) is 0 Å². The SMILES string of the molecule is COc1cc(N2C(=S)N[C@@H](c3ccccn3)[C@@H]2c2cc(C)n(-c3cccc(C)c3C)c2C)ccc1NC(=O)C(C)(C)C. The molecule has 218 valence electrons. The standard InChI is InChI=1S/C34H39N5O2S/c1-20-12-11-14-28(22(20)3)38-21(2)18-25(23(38)4)31-30(27-13-9-10-17-35-27)37-33(42)39(31)24-15-16-26(29(19-24)41-8)36-32(40)34(5,6)7/h9-19,30-31H,1-8H3,(H,36,40)(H,37,42)/t30-,31-/m0/s1. The van der Waals surface area contributed by atoms with Crippen LogP contribution >= 0.6 is 12.2 Å². The minimum atomic E-state index is -0.538.